The van der Waals surface area contributed by atoms with Crippen LogP contribution in [0.2, 0.25) is 0 Å². The van der Waals surface area contributed by atoms with Crippen molar-refractivity contribution < 1.29 is 14.3 Å². The van der Waals surface area contributed by atoms with Gasteiger partial charge >= 0.3 is 0 Å². The van der Waals surface area contributed by atoms with Crippen molar-refractivity contribution in [3.63, 3.8) is 0 Å². The summed E-state index contributed by atoms with van der Waals surface area (Å²) >= 11 is 1.26. The molecule has 1 unspecified atom stereocenters. The van der Waals surface area contributed by atoms with Gasteiger partial charge in [-0.25, -0.2) is 0 Å². The molecule has 1 aliphatic heterocycles. The molecule has 0 aliphatic carbocycles. The maximum atomic E-state index is 12.5. The smallest absolute Gasteiger partial charge is 0.231 e. The maximum absolute atomic E-state index is 12.5. The lowest BCUT2D eigenvalue weighted by Gasteiger charge is -2.16. The van der Waals surface area contributed by atoms with E-state index < -0.39 is 5.92 Å². The fourth-order valence-corrected chi connectivity index (χ4v) is 3.63. The second-order valence-electron chi connectivity index (χ2n) is 6.33. The molecule has 8 heteroatoms. The van der Waals surface area contributed by atoms with Gasteiger partial charge in [-0.1, -0.05) is 47.7 Å². The molecule has 1 aromatic heterocycles. The Hall–Kier alpha value is -3.26. The summed E-state index contributed by atoms with van der Waals surface area (Å²) in [5.74, 6) is 0.0494. The van der Waals surface area contributed by atoms with Crippen molar-refractivity contribution in [1.29, 1.82) is 0 Å². The van der Waals surface area contributed by atoms with Gasteiger partial charge in [-0.3, -0.25) is 9.59 Å². The zero-order valence-corrected chi connectivity index (χ0v) is 15.8. The van der Waals surface area contributed by atoms with Crippen molar-refractivity contribution in [3.05, 3.63) is 65.7 Å². The molecule has 3 aromatic rings. The molecule has 0 saturated carbocycles. The molecule has 142 valence electrons. The van der Waals surface area contributed by atoms with Crippen LogP contribution in [-0.4, -0.2) is 28.6 Å². The van der Waals surface area contributed by atoms with Crippen LogP contribution in [0.15, 0.2) is 60.7 Å². The van der Waals surface area contributed by atoms with E-state index in [-0.39, 0.29) is 24.8 Å². The summed E-state index contributed by atoms with van der Waals surface area (Å²) in [6.07, 6.45) is 0.184. The van der Waals surface area contributed by atoms with E-state index >= 15 is 0 Å². The van der Waals surface area contributed by atoms with Crippen LogP contribution < -0.4 is 15.0 Å². The molecule has 2 heterocycles. The molecule has 0 radical (unpaired) electrons. The highest BCUT2D eigenvalue weighted by molar-refractivity contribution is 7.15. The van der Waals surface area contributed by atoms with E-state index in [0.29, 0.717) is 16.7 Å². The Balaban J connectivity index is 1.33. The quantitative estimate of drug-likeness (QED) is 0.694. The minimum Gasteiger partial charge on any atom is -0.486 e. The van der Waals surface area contributed by atoms with Crippen LogP contribution in [0.1, 0.15) is 11.4 Å². The van der Waals surface area contributed by atoms with Crippen molar-refractivity contribution in [1.82, 2.24) is 10.2 Å². The van der Waals surface area contributed by atoms with Gasteiger partial charge in [0.2, 0.25) is 16.9 Å². The number of para-hydroxylation sites is 2. The molecule has 1 N–H and O–H groups in total. The zero-order valence-electron chi connectivity index (χ0n) is 14.9. The highest BCUT2D eigenvalue weighted by Gasteiger charge is 2.35. The molecule has 2 amide bonds. The second kappa shape index (κ2) is 8.18. The maximum Gasteiger partial charge on any atom is 0.231 e. The average molecular weight is 394 g/mol. The fourth-order valence-electron chi connectivity index (χ4n) is 2.97. The predicted octanol–water partition coefficient (Wildman–Crippen LogP) is 3.11. The molecule has 1 atom stereocenters. The summed E-state index contributed by atoms with van der Waals surface area (Å²) in [6.45, 7) is 0.638. The van der Waals surface area contributed by atoms with Gasteiger partial charge in [0.05, 0.1) is 5.92 Å². The lowest BCUT2D eigenvalue weighted by atomic mass is 10.1. The molecule has 0 spiro atoms. The number of amides is 2. The third-order valence-corrected chi connectivity index (χ3v) is 5.18. The van der Waals surface area contributed by atoms with Crippen molar-refractivity contribution in [2.75, 3.05) is 16.8 Å². The van der Waals surface area contributed by atoms with Gasteiger partial charge in [0.15, 0.2) is 5.01 Å². The van der Waals surface area contributed by atoms with E-state index in [1.807, 2.05) is 60.7 Å². The lowest BCUT2D eigenvalue weighted by Crippen LogP contribution is -2.28. The molecule has 4 rings (SSSR count). The minimum absolute atomic E-state index is 0.0550. The number of carbonyl (C=O) groups excluding carboxylic acids is 2. The number of hydrogen-bond donors (Lipinski definition) is 1. The Bertz CT molecular complexity index is 962. The van der Waals surface area contributed by atoms with Gasteiger partial charge in [0.25, 0.3) is 0 Å². The number of benzene rings is 2. The number of ether oxygens (including phenoxy) is 1. The van der Waals surface area contributed by atoms with E-state index in [0.717, 1.165) is 11.4 Å². The number of carbonyl (C=O) groups is 2. The van der Waals surface area contributed by atoms with Crippen LogP contribution in [0.3, 0.4) is 0 Å². The average Bonchev–Trinajstić information content (AvgIpc) is 3.34. The van der Waals surface area contributed by atoms with E-state index in [2.05, 4.69) is 15.5 Å². The molecule has 1 aliphatic rings. The number of anilines is 2. The molecular formula is C20H18N4O3S. The van der Waals surface area contributed by atoms with E-state index in [1.54, 1.807) is 4.90 Å². The predicted molar refractivity (Wildman–Crippen MR) is 106 cm³/mol. The normalized spacial score (nSPS) is 16.2. The van der Waals surface area contributed by atoms with Gasteiger partial charge in [-0.15, -0.1) is 10.2 Å². The third-order valence-electron chi connectivity index (χ3n) is 4.37. The van der Waals surface area contributed by atoms with Crippen molar-refractivity contribution in [3.8, 4) is 5.75 Å². The molecule has 0 bridgehead atoms. The first kappa shape index (κ1) is 18.1. The van der Waals surface area contributed by atoms with Crippen LogP contribution >= 0.6 is 11.3 Å². The fraction of sp³-hybridized carbons (Fsp3) is 0.200. The van der Waals surface area contributed by atoms with Crippen molar-refractivity contribution in [2.24, 2.45) is 5.92 Å². The van der Waals surface area contributed by atoms with Gasteiger partial charge in [-0.05, 0) is 24.3 Å². The molecule has 1 fully saturated rings. The van der Waals surface area contributed by atoms with Gasteiger partial charge in [0.1, 0.15) is 12.4 Å². The highest BCUT2D eigenvalue weighted by Crippen LogP contribution is 2.26. The summed E-state index contributed by atoms with van der Waals surface area (Å²) in [6, 6.07) is 18.8. The van der Waals surface area contributed by atoms with Crippen molar-refractivity contribution >= 4 is 34.0 Å². The minimum atomic E-state index is -0.416. The second-order valence-corrected chi connectivity index (χ2v) is 7.39. The Morgan fingerprint density at radius 2 is 1.82 bits per heavy atom. The van der Waals surface area contributed by atoms with E-state index in [4.69, 9.17) is 4.74 Å². The number of hydrogen-bond acceptors (Lipinski definition) is 6. The van der Waals surface area contributed by atoms with Crippen LogP contribution in [-0.2, 0) is 16.2 Å². The first-order valence-corrected chi connectivity index (χ1v) is 9.67. The first-order valence-electron chi connectivity index (χ1n) is 8.85. The van der Waals surface area contributed by atoms with Crippen LogP contribution in [0, 0.1) is 5.92 Å². The van der Waals surface area contributed by atoms with Crippen molar-refractivity contribution in [2.45, 2.75) is 13.0 Å². The molecule has 1 saturated heterocycles. The summed E-state index contributed by atoms with van der Waals surface area (Å²) in [7, 11) is 0. The standard InChI is InChI=1S/C20H18N4O3S/c25-18-11-14(12-24(18)15-7-3-1-4-8-15)19(26)21-20-23-22-17(28-20)13-27-16-9-5-2-6-10-16/h1-10,14H,11-13H2,(H,21,23,26). The highest BCUT2D eigenvalue weighted by atomic mass is 32.1. The largest absolute Gasteiger partial charge is 0.486 e. The summed E-state index contributed by atoms with van der Waals surface area (Å²) in [5, 5.41) is 11.9. The SMILES string of the molecule is O=C(Nc1nnc(COc2ccccc2)s1)C1CC(=O)N(c2ccccc2)C1. The zero-order chi connectivity index (χ0) is 19.3. The van der Waals surface area contributed by atoms with Crippen LogP contribution in [0.5, 0.6) is 5.75 Å². The molecule has 28 heavy (non-hydrogen) atoms. The monoisotopic (exact) mass is 394 g/mol. The number of nitrogens with one attached hydrogen (secondary N) is 1. The third kappa shape index (κ3) is 4.17. The van der Waals surface area contributed by atoms with Crippen LogP contribution in [0.25, 0.3) is 0 Å². The lowest BCUT2D eigenvalue weighted by molar-refractivity contribution is -0.122. The van der Waals surface area contributed by atoms with Gasteiger partial charge < -0.3 is 15.0 Å². The Morgan fingerprint density at radius 3 is 2.57 bits per heavy atom. The summed E-state index contributed by atoms with van der Waals surface area (Å²) < 4.78 is 5.63. The molecule has 2 aromatic carbocycles. The van der Waals surface area contributed by atoms with Gasteiger partial charge in [0, 0.05) is 18.7 Å². The number of rotatable bonds is 6. The Morgan fingerprint density at radius 1 is 1.11 bits per heavy atom. The molecule has 7 nitrogen and oxygen atoms in total. The summed E-state index contributed by atoms with van der Waals surface area (Å²) in [5.41, 5.74) is 0.805. The van der Waals surface area contributed by atoms with E-state index in [9.17, 15) is 9.59 Å². The first-order chi connectivity index (χ1) is 13.7. The van der Waals surface area contributed by atoms with E-state index in [1.165, 1.54) is 11.3 Å². The summed E-state index contributed by atoms with van der Waals surface area (Å²) in [4.78, 5) is 26.5. The molecular weight excluding hydrogens is 376 g/mol. The Labute approximate surface area is 166 Å². The van der Waals surface area contributed by atoms with Crippen LogP contribution in [0.4, 0.5) is 10.8 Å². The number of aromatic nitrogens is 2. The Kier molecular flexibility index (Phi) is 5.29. The number of nitrogens with zero attached hydrogens (tertiary/aromatic N) is 3. The van der Waals surface area contributed by atoms with Gasteiger partial charge in [-0.2, -0.15) is 0 Å². The topological polar surface area (TPSA) is 84.4 Å².